The SMILES string of the molecule is CNCCNCc1cccc(-c2cccc(-c3nc4ccc(C(F)(F)F)cc4[nH]3)c2)c1. The first-order valence-corrected chi connectivity index (χ1v) is 10.1. The molecule has 0 saturated carbocycles. The molecule has 0 saturated heterocycles. The summed E-state index contributed by atoms with van der Waals surface area (Å²) in [5.74, 6) is 0.543. The number of hydrogen-bond acceptors (Lipinski definition) is 3. The van der Waals surface area contributed by atoms with Gasteiger partial charge in [0.15, 0.2) is 0 Å². The fourth-order valence-corrected chi connectivity index (χ4v) is 3.48. The highest BCUT2D eigenvalue weighted by molar-refractivity contribution is 5.81. The third-order valence-electron chi connectivity index (χ3n) is 5.09. The number of nitrogens with zero attached hydrogens (tertiary/aromatic N) is 1. The molecular formula is C24H23F3N4. The van der Waals surface area contributed by atoms with E-state index in [4.69, 9.17) is 0 Å². The lowest BCUT2D eigenvalue weighted by molar-refractivity contribution is -0.137. The average Bonchev–Trinajstić information content (AvgIpc) is 3.20. The van der Waals surface area contributed by atoms with Crippen molar-refractivity contribution in [1.82, 2.24) is 20.6 Å². The number of aromatic nitrogens is 2. The van der Waals surface area contributed by atoms with E-state index in [2.05, 4.69) is 32.7 Å². The molecule has 0 spiro atoms. The first-order chi connectivity index (χ1) is 14.9. The van der Waals surface area contributed by atoms with Gasteiger partial charge >= 0.3 is 6.18 Å². The lowest BCUT2D eigenvalue weighted by Crippen LogP contribution is -2.24. The number of fused-ring (bicyclic) bond motifs is 1. The maximum absolute atomic E-state index is 13.0. The van der Waals surface area contributed by atoms with Gasteiger partial charge in [0, 0.05) is 25.2 Å². The highest BCUT2D eigenvalue weighted by atomic mass is 19.4. The molecular weight excluding hydrogens is 401 g/mol. The van der Waals surface area contributed by atoms with Crippen LogP contribution in [0.25, 0.3) is 33.5 Å². The molecule has 1 heterocycles. The highest BCUT2D eigenvalue weighted by Gasteiger charge is 2.30. The Bertz CT molecular complexity index is 1180. The van der Waals surface area contributed by atoms with Crippen LogP contribution in [0.5, 0.6) is 0 Å². The number of aromatic amines is 1. The van der Waals surface area contributed by atoms with Crippen molar-refractivity contribution in [3.63, 3.8) is 0 Å². The summed E-state index contributed by atoms with van der Waals surface area (Å²) in [7, 11) is 1.92. The summed E-state index contributed by atoms with van der Waals surface area (Å²) in [6.07, 6.45) is -4.38. The predicted molar refractivity (Wildman–Crippen MR) is 118 cm³/mol. The molecule has 0 aliphatic heterocycles. The van der Waals surface area contributed by atoms with Crippen LogP contribution in [0, 0.1) is 0 Å². The molecule has 1 aromatic heterocycles. The normalized spacial score (nSPS) is 11.9. The van der Waals surface area contributed by atoms with Crippen molar-refractivity contribution >= 4 is 11.0 Å². The molecule has 0 amide bonds. The molecule has 4 nitrogen and oxygen atoms in total. The van der Waals surface area contributed by atoms with E-state index in [1.807, 2.05) is 43.4 Å². The largest absolute Gasteiger partial charge is 0.416 e. The van der Waals surface area contributed by atoms with Crippen LogP contribution in [0.3, 0.4) is 0 Å². The molecule has 31 heavy (non-hydrogen) atoms. The first kappa shape index (κ1) is 21.1. The van der Waals surface area contributed by atoms with E-state index in [1.165, 1.54) is 11.6 Å². The van der Waals surface area contributed by atoms with Gasteiger partial charge in [-0.05, 0) is 54.1 Å². The maximum Gasteiger partial charge on any atom is 0.416 e. The lowest BCUT2D eigenvalue weighted by Gasteiger charge is -2.08. The van der Waals surface area contributed by atoms with Gasteiger partial charge in [0.1, 0.15) is 5.82 Å². The Morgan fingerprint density at radius 3 is 2.39 bits per heavy atom. The van der Waals surface area contributed by atoms with Gasteiger partial charge in [-0.3, -0.25) is 0 Å². The van der Waals surface area contributed by atoms with Crippen molar-refractivity contribution in [3.8, 4) is 22.5 Å². The second kappa shape index (κ2) is 8.91. The third-order valence-corrected chi connectivity index (χ3v) is 5.09. The van der Waals surface area contributed by atoms with Crippen LogP contribution in [-0.2, 0) is 12.7 Å². The number of nitrogens with one attached hydrogen (secondary N) is 3. The standard InChI is InChI=1S/C24H23F3N4/c1-28-10-11-29-15-16-4-2-5-17(12-16)18-6-3-7-19(13-18)23-30-21-9-8-20(24(25,26)27)14-22(21)31-23/h2-9,12-14,28-29H,10-11,15H2,1H3,(H,30,31). The van der Waals surface area contributed by atoms with Crippen molar-refractivity contribution in [3.05, 3.63) is 77.9 Å². The topological polar surface area (TPSA) is 52.7 Å². The molecule has 4 rings (SSSR count). The molecule has 0 bridgehead atoms. The lowest BCUT2D eigenvalue weighted by atomic mass is 10.0. The first-order valence-electron chi connectivity index (χ1n) is 10.1. The number of alkyl halides is 3. The van der Waals surface area contributed by atoms with Crippen LogP contribution in [0.15, 0.2) is 66.7 Å². The molecule has 0 radical (unpaired) electrons. The summed E-state index contributed by atoms with van der Waals surface area (Å²) in [6, 6.07) is 19.7. The second-order valence-electron chi connectivity index (χ2n) is 7.38. The zero-order chi connectivity index (χ0) is 21.8. The molecule has 0 fully saturated rings. The molecule has 0 atom stereocenters. The maximum atomic E-state index is 13.0. The van der Waals surface area contributed by atoms with Gasteiger partial charge in [-0.1, -0.05) is 36.4 Å². The van der Waals surface area contributed by atoms with E-state index in [0.29, 0.717) is 16.9 Å². The Balaban J connectivity index is 1.60. The molecule has 0 aliphatic carbocycles. The van der Waals surface area contributed by atoms with Crippen molar-refractivity contribution in [1.29, 1.82) is 0 Å². The van der Waals surface area contributed by atoms with Gasteiger partial charge in [0.05, 0.1) is 16.6 Å². The number of H-pyrrole nitrogens is 1. The van der Waals surface area contributed by atoms with E-state index in [1.54, 1.807) is 0 Å². The predicted octanol–water partition coefficient (Wildman–Crippen LogP) is 5.22. The highest BCUT2D eigenvalue weighted by Crippen LogP contribution is 2.32. The smallest absolute Gasteiger partial charge is 0.338 e. The number of rotatable bonds is 7. The summed E-state index contributed by atoms with van der Waals surface area (Å²) in [5.41, 5.74) is 4.27. The number of halogens is 3. The number of benzene rings is 3. The minimum atomic E-state index is -4.38. The van der Waals surface area contributed by atoms with Crippen molar-refractivity contribution in [2.45, 2.75) is 12.7 Å². The Labute approximate surface area is 178 Å². The summed E-state index contributed by atoms with van der Waals surface area (Å²) >= 11 is 0. The van der Waals surface area contributed by atoms with E-state index < -0.39 is 11.7 Å². The van der Waals surface area contributed by atoms with Crippen LogP contribution in [0.1, 0.15) is 11.1 Å². The Hall–Kier alpha value is -3.16. The minimum Gasteiger partial charge on any atom is -0.338 e. The third kappa shape index (κ3) is 4.95. The van der Waals surface area contributed by atoms with E-state index in [9.17, 15) is 13.2 Å². The van der Waals surface area contributed by atoms with Crippen molar-refractivity contribution < 1.29 is 13.2 Å². The molecule has 4 aromatic rings. The number of hydrogen-bond donors (Lipinski definition) is 3. The fourth-order valence-electron chi connectivity index (χ4n) is 3.48. The average molecular weight is 424 g/mol. The quantitative estimate of drug-likeness (QED) is 0.356. The number of likely N-dealkylation sites (N-methyl/N-ethyl adjacent to an activating group) is 1. The Kier molecular flexibility index (Phi) is 6.06. The summed E-state index contributed by atoms with van der Waals surface area (Å²) in [6.45, 7) is 2.57. The van der Waals surface area contributed by atoms with Gasteiger partial charge in [0.25, 0.3) is 0 Å². The van der Waals surface area contributed by atoms with Crippen molar-refractivity contribution in [2.75, 3.05) is 20.1 Å². The van der Waals surface area contributed by atoms with Gasteiger partial charge < -0.3 is 15.6 Å². The van der Waals surface area contributed by atoms with Crippen molar-refractivity contribution in [2.24, 2.45) is 0 Å². The summed E-state index contributed by atoms with van der Waals surface area (Å²) < 4.78 is 39.0. The molecule has 160 valence electrons. The molecule has 7 heteroatoms. The van der Waals surface area contributed by atoms with E-state index in [-0.39, 0.29) is 0 Å². The Morgan fingerprint density at radius 2 is 1.61 bits per heavy atom. The summed E-state index contributed by atoms with van der Waals surface area (Å²) in [5, 5.41) is 6.50. The van der Waals surface area contributed by atoms with Crippen LogP contribution in [0.2, 0.25) is 0 Å². The van der Waals surface area contributed by atoms with Crippen LogP contribution < -0.4 is 10.6 Å². The van der Waals surface area contributed by atoms with Crippen LogP contribution >= 0.6 is 0 Å². The molecule has 0 aliphatic rings. The monoisotopic (exact) mass is 424 g/mol. The Morgan fingerprint density at radius 1 is 0.871 bits per heavy atom. The zero-order valence-corrected chi connectivity index (χ0v) is 17.1. The van der Waals surface area contributed by atoms with Gasteiger partial charge in [-0.25, -0.2) is 4.98 Å². The molecule has 3 aromatic carbocycles. The second-order valence-corrected chi connectivity index (χ2v) is 7.38. The zero-order valence-electron chi connectivity index (χ0n) is 17.1. The molecule has 0 unspecified atom stereocenters. The fraction of sp³-hybridized carbons (Fsp3) is 0.208. The van der Waals surface area contributed by atoms with Gasteiger partial charge in [-0.15, -0.1) is 0 Å². The van der Waals surface area contributed by atoms with Gasteiger partial charge in [-0.2, -0.15) is 13.2 Å². The molecule has 3 N–H and O–H groups in total. The summed E-state index contributed by atoms with van der Waals surface area (Å²) in [4.78, 5) is 7.50. The van der Waals surface area contributed by atoms with Gasteiger partial charge in [0.2, 0.25) is 0 Å². The number of imidazole rings is 1. The van der Waals surface area contributed by atoms with E-state index >= 15 is 0 Å². The van der Waals surface area contributed by atoms with Crippen LogP contribution in [-0.4, -0.2) is 30.1 Å². The van der Waals surface area contributed by atoms with E-state index in [0.717, 1.165) is 48.5 Å². The van der Waals surface area contributed by atoms with Crippen LogP contribution in [0.4, 0.5) is 13.2 Å². The minimum absolute atomic E-state index is 0.366.